The molecule has 3 aromatic rings. The molecule has 0 spiro atoms. The molecule has 2 aromatic heterocycles. The lowest BCUT2D eigenvalue weighted by molar-refractivity contribution is 0.554. The van der Waals surface area contributed by atoms with E-state index in [1.54, 1.807) is 0 Å². The van der Waals surface area contributed by atoms with Crippen LogP contribution in [0.5, 0.6) is 0 Å². The monoisotopic (exact) mass is 259 g/mol. The van der Waals surface area contributed by atoms with Crippen LogP contribution in [0.4, 0.5) is 0 Å². The average molecular weight is 259 g/mol. The van der Waals surface area contributed by atoms with Gasteiger partial charge < -0.3 is 5.73 Å². The highest BCUT2D eigenvalue weighted by Gasteiger charge is 2.10. The number of thiophene rings is 1. The molecule has 0 bridgehead atoms. The van der Waals surface area contributed by atoms with E-state index < -0.39 is 0 Å². The lowest BCUT2D eigenvalue weighted by Gasteiger charge is -2.07. The molecule has 0 aliphatic carbocycles. The number of benzene rings is 1. The Morgan fingerprint density at radius 3 is 3.00 bits per heavy atom. The van der Waals surface area contributed by atoms with Crippen LogP contribution < -0.4 is 5.73 Å². The highest BCUT2D eigenvalue weighted by Crippen LogP contribution is 2.32. The Hall–Kier alpha value is -1.39. The van der Waals surface area contributed by atoms with Gasteiger partial charge in [0.1, 0.15) is 0 Å². The maximum absolute atomic E-state index is 5.89. The molecule has 3 rings (SSSR count). The molecule has 0 saturated carbocycles. The van der Waals surface area contributed by atoms with Gasteiger partial charge in [0.15, 0.2) is 0 Å². The summed E-state index contributed by atoms with van der Waals surface area (Å²) in [7, 11) is 0. The molecule has 1 aromatic carbocycles. The molecule has 0 unspecified atom stereocenters. The van der Waals surface area contributed by atoms with Gasteiger partial charge in [0.2, 0.25) is 0 Å². The van der Waals surface area contributed by atoms with Crippen LogP contribution in [0.25, 0.3) is 21.0 Å². The van der Waals surface area contributed by atoms with Crippen LogP contribution in [0, 0.1) is 0 Å². The van der Waals surface area contributed by atoms with Crippen LogP contribution >= 0.6 is 11.3 Å². The van der Waals surface area contributed by atoms with Crippen molar-refractivity contribution in [1.29, 1.82) is 0 Å². The Morgan fingerprint density at radius 2 is 2.28 bits per heavy atom. The lowest BCUT2D eigenvalue weighted by Crippen LogP contribution is -2.22. The van der Waals surface area contributed by atoms with E-state index in [-0.39, 0.29) is 6.04 Å². The summed E-state index contributed by atoms with van der Waals surface area (Å²) in [6.07, 6.45) is 3.02. The van der Waals surface area contributed by atoms with Crippen molar-refractivity contribution in [2.45, 2.75) is 32.9 Å². The fraction of sp³-hybridized carbons (Fsp3) is 0.357. The number of nitrogens with two attached hydrogens (primary N) is 1. The number of hydrogen-bond acceptors (Lipinski definition) is 3. The molecule has 0 aliphatic heterocycles. The van der Waals surface area contributed by atoms with Gasteiger partial charge in [-0.05, 0) is 31.5 Å². The molecule has 3 nitrogen and oxygen atoms in total. The Morgan fingerprint density at radius 1 is 1.44 bits per heavy atom. The maximum atomic E-state index is 5.89. The van der Waals surface area contributed by atoms with Crippen LogP contribution in [-0.2, 0) is 13.0 Å². The third kappa shape index (κ3) is 1.82. The average Bonchev–Trinajstić information content (AvgIpc) is 2.91. The summed E-state index contributed by atoms with van der Waals surface area (Å²) in [5.41, 5.74) is 7.11. The molecule has 1 atom stereocenters. The largest absolute Gasteiger partial charge is 0.326 e. The Balaban J connectivity index is 2.29. The molecule has 0 aliphatic rings. The van der Waals surface area contributed by atoms with Gasteiger partial charge in [0, 0.05) is 26.4 Å². The van der Waals surface area contributed by atoms with Gasteiger partial charge >= 0.3 is 0 Å². The van der Waals surface area contributed by atoms with Crippen LogP contribution in [0.2, 0.25) is 0 Å². The lowest BCUT2D eigenvalue weighted by atomic mass is 10.2. The second kappa shape index (κ2) is 4.37. The zero-order valence-electron chi connectivity index (χ0n) is 10.7. The number of hydrogen-bond donors (Lipinski definition) is 1. The number of nitrogens with zero attached hydrogens (tertiary/aromatic N) is 2. The summed E-state index contributed by atoms with van der Waals surface area (Å²) in [5.74, 6) is 0. The summed E-state index contributed by atoms with van der Waals surface area (Å²) in [6.45, 7) is 4.97. The van der Waals surface area contributed by atoms with Crippen LogP contribution in [-0.4, -0.2) is 15.8 Å². The first-order chi connectivity index (χ1) is 8.69. The van der Waals surface area contributed by atoms with Gasteiger partial charge in [0.05, 0.1) is 18.3 Å². The smallest absolute Gasteiger partial charge is 0.0769 e. The van der Waals surface area contributed by atoms with Gasteiger partial charge in [-0.15, -0.1) is 11.3 Å². The SMILES string of the molecule is CCc1cc2c(ccc3cnn(C[C@H](C)N)c32)s1. The number of rotatable bonds is 3. The molecule has 0 radical (unpaired) electrons. The van der Waals surface area contributed by atoms with Crippen LogP contribution in [0.3, 0.4) is 0 Å². The molecule has 0 saturated heterocycles. The first-order valence-electron chi connectivity index (χ1n) is 6.31. The molecule has 0 fully saturated rings. The third-order valence-corrected chi connectivity index (χ3v) is 4.40. The molecule has 4 heteroatoms. The fourth-order valence-corrected chi connectivity index (χ4v) is 3.34. The normalized spacial score (nSPS) is 13.5. The van der Waals surface area contributed by atoms with Crippen molar-refractivity contribution in [3.05, 3.63) is 29.3 Å². The Labute approximate surface area is 110 Å². The van der Waals surface area contributed by atoms with E-state index >= 15 is 0 Å². The minimum absolute atomic E-state index is 0.118. The van der Waals surface area contributed by atoms with Gasteiger partial charge in [-0.25, -0.2) is 0 Å². The van der Waals surface area contributed by atoms with Crippen molar-refractivity contribution in [2.24, 2.45) is 5.73 Å². The van der Waals surface area contributed by atoms with E-state index in [1.807, 2.05) is 29.1 Å². The van der Waals surface area contributed by atoms with E-state index in [1.165, 1.54) is 25.9 Å². The zero-order valence-corrected chi connectivity index (χ0v) is 11.5. The highest BCUT2D eigenvalue weighted by atomic mass is 32.1. The summed E-state index contributed by atoms with van der Waals surface area (Å²) in [5, 5.41) is 6.97. The molecule has 0 amide bonds. The summed E-state index contributed by atoms with van der Waals surface area (Å²) in [4.78, 5) is 1.42. The van der Waals surface area contributed by atoms with Crippen molar-refractivity contribution in [3.63, 3.8) is 0 Å². The first-order valence-corrected chi connectivity index (χ1v) is 7.13. The molecule has 94 valence electrons. The van der Waals surface area contributed by atoms with Crippen LogP contribution in [0.1, 0.15) is 18.7 Å². The first kappa shape index (κ1) is 11.7. The molecule has 18 heavy (non-hydrogen) atoms. The van der Waals surface area contributed by atoms with Crippen molar-refractivity contribution in [3.8, 4) is 0 Å². The summed E-state index contributed by atoms with van der Waals surface area (Å²) in [6, 6.07) is 6.76. The van der Waals surface area contributed by atoms with E-state index in [2.05, 4.69) is 30.2 Å². The molecular weight excluding hydrogens is 242 g/mol. The third-order valence-electron chi connectivity index (χ3n) is 3.16. The van der Waals surface area contributed by atoms with E-state index in [9.17, 15) is 0 Å². The molecule has 2 N–H and O–H groups in total. The highest BCUT2D eigenvalue weighted by molar-refractivity contribution is 7.19. The zero-order chi connectivity index (χ0) is 12.7. The predicted octanol–water partition coefficient (Wildman–Crippen LogP) is 3.16. The molecule has 2 heterocycles. The quantitative estimate of drug-likeness (QED) is 0.785. The topological polar surface area (TPSA) is 43.8 Å². The minimum atomic E-state index is 0.118. The second-order valence-corrected chi connectivity index (χ2v) is 5.95. The van der Waals surface area contributed by atoms with Crippen molar-refractivity contribution >= 4 is 32.3 Å². The van der Waals surface area contributed by atoms with E-state index in [4.69, 9.17) is 5.73 Å². The standard InChI is InChI=1S/C14H17N3S/c1-3-11-6-12-13(18-11)5-4-10-7-16-17(14(10)12)8-9(2)15/h4-7,9H,3,8,15H2,1-2H3/t9-/m0/s1. The van der Waals surface area contributed by atoms with Crippen molar-refractivity contribution < 1.29 is 0 Å². The Kier molecular flexibility index (Phi) is 2.84. The number of aryl methyl sites for hydroxylation is 1. The minimum Gasteiger partial charge on any atom is -0.326 e. The Bertz CT molecular complexity index is 694. The summed E-state index contributed by atoms with van der Waals surface area (Å²) < 4.78 is 3.37. The second-order valence-electron chi connectivity index (χ2n) is 4.79. The van der Waals surface area contributed by atoms with Crippen molar-refractivity contribution in [1.82, 2.24) is 9.78 Å². The molecular formula is C14H17N3S. The van der Waals surface area contributed by atoms with Crippen LogP contribution in [0.15, 0.2) is 24.4 Å². The fourth-order valence-electron chi connectivity index (χ4n) is 2.33. The summed E-state index contributed by atoms with van der Waals surface area (Å²) >= 11 is 1.87. The number of aromatic nitrogens is 2. The van der Waals surface area contributed by atoms with Crippen molar-refractivity contribution in [2.75, 3.05) is 0 Å². The van der Waals surface area contributed by atoms with E-state index in [0.29, 0.717) is 0 Å². The van der Waals surface area contributed by atoms with Gasteiger partial charge in [0.25, 0.3) is 0 Å². The number of fused-ring (bicyclic) bond motifs is 3. The maximum Gasteiger partial charge on any atom is 0.0769 e. The van der Waals surface area contributed by atoms with Gasteiger partial charge in [-0.3, -0.25) is 4.68 Å². The van der Waals surface area contributed by atoms with E-state index in [0.717, 1.165) is 13.0 Å². The van der Waals surface area contributed by atoms with Gasteiger partial charge in [-0.2, -0.15) is 5.10 Å². The predicted molar refractivity (Wildman–Crippen MR) is 78.1 cm³/mol. The van der Waals surface area contributed by atoms with Gasteiger partial charge in [-0.1, -0.05) is 6.92 Å².